The van der Waals surface area contributed by atoms with Gasteiger partial charge in [-0.15, -0.1) is 0 Å². The summed E-state index contributed by atoms with van der Waals surface area (Å²) in [4.78, 5) is 0. The monoisotopic (exact) mass is 356 g/mol. The summed E-state index contributed by atoms with van der Waals surface area (Å²) in [5.74, 6) is 0. The molecule has 2 rings (SSSR count). The van der Waals surface area contributed by atoms with Crippen LogP contribution in [0, 0.1) is 0 Å². The van der Waals surface area contributed by atoms with Crippen LogP contribution in [-0.2, 0) is 13.0 Å². The molecule has 0 saturated carbocycles. The highest BCUT2D eigenvalue weighted by atomic mass is 79.9. The topological polar surface area (TPSA) is 17.8 Å². The maximum atomic E-state index is 4.61. The van der Waals surface area contributed by atoms with Gasteiger partial charge in [0.2, 0.25) is 0 Å². The van der Waals surface area contributed by atoms with E-state index in [0.29, 0.717) is 0 Å². The lowest BCUT2D eigenvalue weighted by Crippen LogP contribution is -1.99. The zero-order chi connectivity index (χ0) is 12.4. The lowest BCUT2D eigenvalue weighted by Gasteiger charge is -2.06. The normalized spacial score (nSPS) is 10.8. The number of benzene rings is 1. The Labute approximate surface area is 118 Å². The van der Waals surface area contributed by atoms with Crippen LogP contribution in [0.15, 0.2) is 33.2 Å². The fourth-order valence-electron chi connectivity index (χ4n) is 1.86. The number of hydrogen-bond donors (Lipinski definition) is 0. The smallest absolute Gasteiger partial charge is 0.0827 e. The van der Waals surface area contributed by atoms with Crippen LogP contribution in [0.3, 0.4) is 0 Å². The van der Waals surface area contributed by atoms with Gasteiger partial charge in [-0.05, 0) is 41.4 Å². The van der Waals surface area contributed by atoms with E-state index in [4.69, 9.17) is 0 Å². The van der Waals surface area contributed by atoms with Crippen LogP contribution < -0.4 is 0 Å². The Hall–Kier alpha value is -0.610. The summed E-state index contributed by atoms with van der Waals surface area (Å²) in [5, 5.41) is 4.61. The van der Waals surface area contributed by atoms with Gasteiger partial charge < -0.3 is 0 Å². The molecule has 0 fully saturated rings. The maximum absolute atomic E-state index is 4.61. The number of aryl methyl sites for hydroxylation is 2. The Balaban J connectivity index is 2.61. The Morgan fingerprint density at radius 1 is 1.24 bits per heavy atom. The summed E-state index contributed by atoms with van der Waals surface area (Å²) >= 11 is 7.18. The van der Waals surface area contributed by atoms with Gasteiger partial charge in [-0.3, -0.25) is 4.68 Å². The third kappa shape index (κ3) is 2.47. The molecule has 0 aliphatic carbocycles. The molecule has 0 aliphatic rings. The van der Waals surface area contributed by atoms with Crippen molar-refractivity contribution in [2.45, 2.75) is 26.8 Å². The van der Waals surface area contributed by atoms with Crippen molar-refractivity contribution in [3.63, 3.8) is 0 Å². The molecular weight excluding hydrogens is 344 g/mol. The van der Waals surface area contributed by atoms with Crippen molar-refractivity contribution in [3.8, 4) is 11.3 Å². The molecule has 0 atom stereocenters. The first-order valence-corrected chi connectivity index (χ1v) is 7.27. The quantitative estimate of drug-likeness (QED) is 0.781. The van der Waals surface area contributed by atoms with E-state index in [-0.39, 0.29) is 0 Å². The molecule has 90 valence electrons. The summed E-state index contributed by atoms with van der Waals surface area (Å²) < 4.78 is 4.24. The minimum Gasteiger partial charge on any atom is -0.264 e. The van der Waals surface area contributed by atoms with E-state index in [0.717, 1.165) is 33.3 Å². The van der Waals surface area contributed by atoms with E-state index in [1.54, 1.807) is 0 Å². The standard InChI is InChI=1S/C13H14Br2N2/c1-3-11-12(15)13(17(4-2)16-11)9-6-5-7-10(14)8-9/h5-8H,3-4H2,1-2H3. The van der Waals surface area contributed by atoms with Gasteiger partial charge in [-0.2, -0.15) is 5.10 Å². The van der Waals surface area contributed by atoms with Gasteiger partial charge in [0.15, 0.2) is 0 Å². The van der Waals surface area contributed by atoms with E-state index in [2.05, 4.69) is 62.9 Å². The molecule has 0 bridgehead atoms. The Bertz CT molecular complexity index is 532. The van der Waals surface area contributed by atoms with Crippen LogP contribution in [-0.4, -0.2) is 9.78 Å². The number of hydrogen-bond acceptors (Lipinski definition) is 1. The van der Waals surface area contributed by atoms with Crippen LogP contribution in [0.25, 0.3) is 11.3 Å². The van der Waals surface area contributed by atoms with Crippen LogP contribution in [0.5, 0.6) is 0 Å². The van der Waals surface area contributed by atoms with Gasteiger partial charge in [-0.25, -0.2) is 0 Å². The van der Waals surface area contributed by atoms with Crippen molar-refractivity contribution in [1.29, 1.82) is 0 Å². The number of aromatic nitrogens is 2. The highest BCUT2D eigenvalue weighted by Crippen LogP contribution is 2.32. The molecule has 1 aromatic heterocycles. The van der Waals surface area contributed by atoms with Crippen molar-refractivity contribution < 1.29 is 0 Å². The second-order valence-corrected chi connectivity index (χ2v) is 5.50. The van der Waals surface area contributed by atoms with Gasteiger partial charge in [0.05, 0.1) is 15.9 Å². The first kappa shape index (κ1) is 12.8. The van der Waals surface area contributed by atoms with Gasteiger partial charge in [0.1, 0.15) is 0 Å². The molecule has 0 saturated heterocycles. The largest absolute Gasteiger partial charge is 0.264 e. The molecule has 0 radical (unpaired) electrons. The molecule has 0 aliphatic heterocycles. The van der Waals surface area contributed by atoms with Crippen LogP contribution in [0.4, 0.5) is 0 Å². The average Bonchev–Trinajstić information content (AvgIpc) is 2.65. The predicted molar refractivity (Wildman–Crippen MR) is 78.1 cm³/mol. The molecule has 17 heavy (non-hydrogen) atoms. The second kappa shape index (κ2) is 5.36. The summed E-state index contributed by atoms with van der Waals surface area (Å²) in [6.45, 7) is 5.11. The first-order chi connectivity index (χ1) is 8.17. The Morgan fingerprint density at radius 2 is 2.00 bits per heavy atom. The summed E-state index contributed by atoms with van der Waals surface area (Å²) in [6.07, 6.45) is 0.939. The minimum atomic E-state index is 0.875. The van der Waals surface area contributed by atoms with Crippen LogP contribution >= 0.6 is 31.9 Å². The summed E-state index contributed by atoms with van der Waals surface area (Å²) in [7, 11) is 0. The summed E-state index contributed by atoms with van der Waals surface area (Å²) in [6, 6.07) is 8.31. The van der Waals surface area contributed by atoms with Crippen molar-refractivity contribution in [2.75, 3.05) is 0 Å². The van der Waals surface area contributed by atoms with E-state index in [1.165, 1.54) is 5.56 Å². The molecule has 0 N–H and O–H groups in total. The molecule has 0 spiro atoms. The van der Waals surface area contributed by atoms with Gasteiger partial charge in [0.25, 0.3) is 0 Å². The molecule has 2 aromatic rings. The zero-order valence-electron chi connectivity index (χ0n) is 9.87. The highest BCUT2D eigenvalue weighted by molar-refractivity contribution is 9.11. The van der Waals surface area contributed by atoms with E-state index < -0.39 is 0 Å². The second-order valence-electron chi connectivity index (χ2n) is 3.79. The molecule has 1 heterocycles. The highest BCUT2D eigenvalue weighted by Gasteiger charge is 2.15. The molecular formula is C13H14Br2N2. The first-order valence-electron chi connectivity index (χ1n) is 5.68. The maximum Gasteiger partial charge on any atom is 0.0827 e. The van der Waals surface area contributed by atoms with Crippen LogP contribution in [0.2, 0.25) is 0 Å². The molecule has 2 nitrogen and oxygen atoms in total. The number of nitrogens with zero attached hydrogens (tertiary/aromatic N) is 2. The third-order valence-electron chi connectivity index (χ3n) is 2.69. The fourth-order valence-corrected chi connectivity index (χ4v) is 3.05. The third-order valence-corrected chi connectivity index (χ3v) is 4.02. The molecule has 0 amide bonds. The Morgan fingerprint density at radius 3 is 2.59 bits per heavy atom. The molecule has 4 heteroatoms. The van der Waals surface area contributed by atoms with Gasteiger partial charge in [-0.1, -0.05) is 35.0 Å². The van der Waals surface area contributed by atoms with E-state index in [1.807, 2.05) is 16.8 Å². The number of rotatable bonds is 3. The van der Waals surface area contributed by atoms with Crippen molar-refractivity contribution in [2.24, 2.45) is 0 Å². The van der Waals surface area contributed by atoms with Gasteiger partial charge in [0, 0.05) is 16.6 Å². The number of halogens is 2. The average molecular weight is 358 g/mol. The lowest BCUT2D eigenvalue weighted by atomic mass is 10.1. The van der Waals surface area contributed by atoms with E-state index >= 15 is 0 Å². The van der Waals surface area contributed by atoms with E-state index in [9.17, 15) is 0 Å². The SMILES string of the molecule is CCc1nn(CC)c(-c2cccc(Br)c2)c1Br. The fraction of sp³-hybridized carbons (Fsp3) is 0.308. The minimum absolute atomic E-state index is 0.875. The predicted octanol–water partition coefficient (Wildman–Crippen LogP) is 4.66. The van der Waals surface area contributed by atoms with Crippen molar-refractivity contribution >= 4 is 31.9 Å². The van der Waals surface area contributed by atoms with Gasteiger partial charge >= 0.3 is 0 Å². The van der Waals surface area contributed by atoms with Crippen molar-refractivity contribution in [1.82, 2.24) is 9.78 Å². The van der Waals surface area contributed by atoms with Crippen LogP contribution in [0.1, 0.15) is 19.5 Å². The molecule has 0 unspecified atom stereocenters. The summed E-state index contributed by atoms with van der Waals surface area (Å²) in [5.41, 5.74) is 3.45. The molecule has 1 aromatic carbocycles. The Kier molecular flexibility index (Phi) is 4.05. The lowest BCUT2D eigenvalue weighted by molar-refractivity contribution is 0.655. The zero-order valence-corrected chi connectivity index (χ0v) is 13.0. The van der Waals surface area contributed by atoms with Crippen molar-refractivity contribution in [3.05, 3.63) is 38.9 Å².